The van der Waals surface area contributed by atoms with Crippen molar-refractivity contribution in [1.82, 2.24) is 15.2 Å². The van der Waals surface area contributed by atoms with Gasteiger partial charge < -0.3 is 35.8 Å². The van der Waals surface area contributed by atoms with Crippen molar-refractivity contribution in [2.24, 2.45) is 5.16 Å². The first kappa shape index (κ1) is 26.6. The monoisotopic (exact) mass is 593 g/mol. The molecule has 0 aliphatic carbocycles. The minimum Gasteiger partial charge on any atom is -0.543 e. The van der Waals surface area contributed by atoms with Crippen molar-refractivity contribution in [3.63, 3.8) is 0 Å². The van der Waals surface area contributed by atoms with Crippen LogP contribution in [0.3, 0.4) is 0 Å². The van der Waals surface area contributed by atoms with Gasteiger partial charge in [-0.15, -0.1) is 23.1 Å². The number of hydrogen-bond donors (Lipinski definition) is 3. The predicted molar refractivity (Wildman–Crippen MR) is 147 cm³/mol. The Kier molecular flexibility index (Phi) is 6.96. The third kappa shape index (κ3) is 4.93. The maximum atomic E-state index is 13.1. The summed E-state index contributed by atoms with van der Waals surface area (Å²) in [6, 6.07) is 10.6. The van der Waals surface area contributed by atoms with E-state index < -0.39 is 29.2 Å². The van der Waals surface area contributed by atoms with E-state index in [2.05, 4.69) is 20.8 Å². The molecule has 0 bridgehead atoms. The minimum atomic E-state index is -1.47. The van der Waals surface area contributed by atoms with Crippen molar-refractivity contribution in [3.8, 4) is 5.75 Å². The lowest BCUT2D eigenvalue weighted by Gasteiger charge is -2.50. The van der Waals surface area contributed by atoms with E-state index in [-0.39, 0.29) is 35.0 Å². The fourth-order valence-electron chi connectivity index (χ4n) is 4.82. The second-order valence-electron chi connectivity index (χ2n) is 9.24. The van der Waals surface area contributed by atoms with Gasteiger partial charge in [-0.25, -0.2) is 4.98 Å². The van der Waals surface area contributed by atoms with E-state index in [4.69, 9.17) is 15.3 Å². The molecular weight excluding hydrogens is 570 g/mol. The lowest BCUT2D eigenvalue weighted by molar-refractivity contribution is -0.689. The number of carboxylic acids is 1. The molecule has 5 heterocycles. The van der Waals surface area contributed by atoms with Gasteiger partial charge in [-0.2, -0.15) is 4.57 Å². The lowest BCUT2D eigenvalue weighted by atomic mass is 10.0. The molecule has 15 heteroatoms. The van der Waals surface area contributed by atoms with Gasteiger partial charge in [-0.3, -0.25) is 14.5 Å². The summed E-state index contributed by atoms with van der Waals surface area (Å²) in [6.07, 6.45) is 3.26. The van der Waals surface area contributed by atoms with Crippen molar-refractivity contribution < 1.29 is 33.6 Å². The zero-order valence-corrected chi connectivity index (χ0v) is 23.1. The first-order chi connectivity index (χ1) is 19.8. The van der Waals surface area contributed by atoms with Crippen LogP contribution >= 0.6 is 23.1 Å². The molecule has 1 fully saturated rings. The lowest BCUT2D eigenvalue weighted by Crippen LogP contribution is -2.71. The number of ether oxygens (including phenoxy) is 1. The van der Waals surface area contributed by atoms with Gasteiger partial charge in [0.05, 0.1) is 17.4 Å². The number of carboxylic acid groups (broad SMARTS) is 1. The number of nitrogens with two attached hydrogens (primary N) is 1. The molecule has 3 atom stereocenters. The number of carbonyl (C=O) groups is 3. The average Bonchev–Trinajstić information content (AvgIpc) is 3.60. The number of benzene rings is 1. The SMILES string of the molecule is CON=C(C(=O)NC1C(=O)N2C(C(=O)[O-])=C(C[n+]3ccc4c(c3)OC(c3ccccc3)N4)CS[C@H]12)c1csc(N)n1. The summed E-state index contributed by atoms with van der Waals surface area (Å²) in [5.74, 6) is -1.80. The predicted octanol–water partition coefficient (Wildman–Crippen LogP) is -0.0295. The van der Waals surface area contributed by atoms with Crippen LogP contribution in [0.2, 0.25) is 0 Å². The van der Waals surface area contributed by atoms with E-state index >= 15 is 0 Å². The first-order valence-corrected chi connectivity index (χ1v) is 14.3. The number of thioether (sulfide) groups is 1. The number of oxime groups is 1. The number of nitrogens with one attached hydrogen (secondary N) is 2. The zero-order chi connectivity index (χ0) is 28.7. The summed E-state index contributed by atoms with van der Waals surface area (Å²) < 4.78 is 7.86. The summed E-state index contributed by atoms with van der Waals surface area (Å²) in [6.45, 7) is 0.201. The summed E-state index contributed by atoms with van der Waals surface area (Å²) >= 11 is 2.47. The third-order valence-electron chi connectivity index (χ3n) is 6.68. The number of thiazole rings is 1. The molecule has 0 spiro atoms. The molecular formula is C26H23N7O6S2. The second-order valence-corrected chi connectivity index (χ2v) is 11.2. The Labute approximate surface area is 241 Å². The van der Waals surface area contributed by atoms with E-state index in [0.717, 1.165) is 27.5 Å². The van der Waals surface area contributed by atoms with Crippen molar-refractivity contribution >= 4 is 57.4 Å². The van der Waals surface area contributed by atoms with Gasteiger partial charge in [0.25, 0.3) is 11.8 Å². The number of anilines is 2. The number of carbonyl (C=O) groups excluding carboxylic acids is 3. The fourth-order valence-corrected chi connectivity index (χ4v) is 6.70. The highest BCUT2D eigenvalue weighted by molar-refractivity contribution is 8.00. The molecule has 4 N–H and O–H groups in total. The number of aliphatic carboxylic acids is 1. The molecule has 0 radical (unpaired) electrons. The highest BCUT2D eigenvalue weighted by Gasteiger charge is 2.53. The van der Waals surface area contributed by atoms with Crippen molar-refractivity contribution in [3.05, 3.63) is 76.7 Å². The highest BCUT2D eigenvalue weighted by Crippen LogP contribution is 2.41. The molecule has 3 aliphatic heterocycles. The molecule has 2 unspecified atom stereocenters. The molecule has 2 amide bonds. The topological polar surface area (TPSA) is 175 Å². The number of rotatable bonds is 8. The van der Waals surface area contributed by atoms with Crippen molar-refractivity contribution in [2.45, 2.75) is 24.2 Å². The van der Waals surface area contributed by atoms with Gasteiger partial charge in [0, 0.05) is 28.3 Å². The molecule has 3 aromatic rings. The summed E-state index contributed by atoms with van der Waals surface area (Å²) in [4.78, 5) is 48.3. The van der Waals surface area contributed by atoms with E-state index in [1.165, 1.54) is 18.9 Å². The van der Waals surface area contributed by atoms with E-state index in [1.807, 2.05) is 42.6 Å². The molecule has 1 aromatic carbocycles. The van der Waals surface area contributed by atoms with Crippen LogP contribution in [0.1, 0.15) is 17.5 Å². The van der Waals surface area contributed by atoms with Crippen molar-refractivity contribution in [1.29, 1.82) is 0 Å². The molecule has 13 nitrogen and oxygen atoms in total. The van der Waals surface area contributed by atoms with E-state index in [1.54, 1.807) is 16.1 Å². The largest absolute Gasteiger partial charge is 0.543 e. The molecule has 3 aliphatic rings. The quantitative estimate of drug-likeness (QED) is 0.139. The Balaban J connectivity index is 1.18. The number of pyridine rings is 1. The van der Waals surface area contributed by atoms with Crippen LogP contribution in [0.5, 0.6) is 5.75 Å². The van der Waals surface area contributed by atoms with Crippen LogP contribution in [0, 0.1) is 0 Å². The average molecular weight is 594 g/mol. The van der Waals surface area contributed by atoms with Crippen LogP contribution in [-0.4, -0.2) is 57.7 Å². The summed E-state index contributed by atoms with van der Waals surface area (Å²) in [5.41, 5.74) is 7.81. The smallest absolute Gasteiger partial charge is 0.276 e. The zero-order valence-electron chi connectivity index (χ0n) is 21.5. The summed E-state index contributed by atoms with van der Waals surface area (Å²) in [5, 5.41) is 23.0. The van der Waals surface area contributed by atoms with Crippen molar-refractivity contribution in [2.75, 3.05) is 23.9 Å². The maximum absolute atomic E-state index is 13.1. The number of aromatic nitrogens is 2. The number of hydrogen-bond acceptors (Lipinski definition) is 12. The van der Waals surface area contributed by atoms with Gasteiger partial charge in [0.2, 0.25) is 11.9 Å². The molecule has 210 valence electrons. The number of β-lactam (4-membered cyclic amide) rings is 1. The van der Waals surface area contributed by atoms with E-state index in [9.17, 15) is 19.5 Å². The number of amides is 2. The maximum Gasteiger partial charge on any atom is 0.276 e. The Bertz CT molecular complexity index is 1610. The number of fused-ring (bicyclic) bond motifs is 2. The van der Waals surface area contributed by atoms with Crippen LogP contribution < -0.4 is 30.8 Å². The first-order valence-electron chi connectivity index (χ1n) is 12.4. The molecule has 6 rings (SSSR count). The van der Waals surface area contributed by atoms with E-state index in [0.29, 0.717) is 17.1 Å². The minimum absolute atomic E-state index is 0.150. The van der Waals surface area contributed by atoms with Crippen LogP contribution in [0.4, 0.5) is 10.8 Å². The molecule has 41 heavy (non-hydrogen) atoms. The molecule has 1 saturated heterocycles. The van der Waals surface area contributed by atoms with Crippen LogP contribution in [0.15, 0.2) is 70.6 Å². The Morgan fingerprint density at radius 1 is 1.34 bits per heavy atom. The second kappa shape index (κ2) is 10.7. The van der Waals surface area contributed by atoms with Crippen LogP contribution in [0.25, 0.3) is 0 Å². The Hall–Kier alpha value is -4.63. The van der Waals surface area contributed by atoms with Gasteiger partial charge in [-0.05, 0) is 0 Å². The van der Waals surface area contributed by atoms with Gasteiger partial charge in [-0.1, -0.05) is 35.5 Å². The molecule has 0 saturated carbocycles. The van der Waals surface area contributed by atoms with Gasteiger partial charge >= 0.3 is 0 Å². The standard InChI is InChI=1S/C26H23N7O6S2/c1-38-31-18(16-12-41-26(27)29-16)21(34)30-19-23(35)33-20(25(36)37)14(11-40-24(19)33)9-32-8-7-15-17(10-32)39-22(28-15)13-5-3-2-4-6-13/h2-8,10,12,19,22,24H,9,11H2,1H3,(H4,27,29,30,34,36,37)/t19?,22?,24-/m1/s1. The van der Waals surface area contributed by atoms with Gasteiger partial charge in [0.1, 0.15) is 24.2 Å². The van der Waals surface area contributed by atoms with Gasteiger partial charge in [0.15, 0.2) is 29.8 Å². The number of nitrogen functional groups attached to an aromatic ring is 1. The summed E-state index contributed by atoms with van der Waals surface area (Å²) in [7, 11) is 1.28. The Morgan fingerprint density at radius 2 is 2.15 bits per heavy atom. The number of nitrogens with zero attached hydrogens (tertiary/aromatic N) is 4. The third-order valence-corrected chi connectivity index (χ3v) is 8.69. The van der Waals surface area contributed by atoms with Crippen LogP contribution in [-0.2, 0) is 25.8 Å². The fraction of sp³-hybridized carbons (Fsp3) is 0.231. The highest BCUT2D eigenvalue weighted by atomic mass is 32.2. The molecule has 2 aromatic heterocycles. The Morgan fingerprint density at radius 3 is 2.85 bits per heavy atom. The normalized spacial score (nSPS) is 21.3.